The fourth-order valence-electron chi connectivity index (χ4n) is 0.406. The smallest absolute Gasteiger partial charge is 0.225 e. The van der Waals surface area contributed by atoms with Gasteiger partial charge in [0.1, 0.15) is 11.0 Å². The fourth-order valence-corrected chi connectivity index (χ4v) is 0.830. The number of aromatic nitrogens is 2. The summed E-state index contributed by atoms with van der Waals surface area (Å²) in [5, 5.41) is 0.326. The molecule has 11 heavy (non-hydrogen) atoms. The van der Waals surface area contributed by atoms with Gasteiger partial charge in [-0.15, -0.1) is 0 Å². The number of hydrogen-bond donors (Lipinski definition) is 1. The quantitative estimate of drug-likeness (QED) is 0.509. The Hall–Kier alpha value is -0.540. The first-order valence-corrected chi connectivity index (χ1v) is 3.89. The summed E-state index contributed by atoms with van der Waals surface area (Å²) in [6, 6.07) is 1.42. The first kappa shape index (κ1) is 10.5. The molecule has 0 fully saturated rings. The number of rotatable bonds is 0. The van der Waals surface area contributed by atoms with Gasteiger partial charge in [-0.05, 0) is 11.6 Å². The van der Waals surface area contributed by atoms with E-state index < -0.39 is 0 Å². The minimum absolute atomic E-state index is 0.0694. The van der Waals surface area contributed by atoms with Crippen molar-refractivity contribution in [3.63, 3.8) is 0 Å². The van der Waals surface area contributed by atoms with Gasteiger partial charge in [0.05, 0.1) is 0 Å². The molecule has 0 unspecified atom stereocenters. The average Bonchev–Trinajstić information content (AvgIpc) is 1.88. The first-order chi connectivity index (χ1) is 5.18. The summed E-state index contributed by atoms with van der Waals surface area (Å²) in [6.07, 6.45) is 0. The maximum atomic E-state index is 5.43. The lowest BCUT2D eigenvalue weighted by Gasteiger charge is -1.91. The van der Waals surface area contributed by atoms with Crippen molar-refractivity contribution in [3.8, 4) is 0 Å². The SMILES string of the molecule is CC.Nc1cc(Cl)nc(Cl)n1. The molecule has 0 bridgehead atoms. The van der Waals surface area contributed by atoms with Gasteiger partial charge < -0.3 is 5.73 Å². The Morgan fingerprint density at radius 1 is 1.27 bits per heavy atom. The molecule has 1 aromatic heterocycles. The van der Waals surface area contributed by atoms with Gasteiger partial charge in [0, 0.05) is 6.07 Å². The van der Waals surface area contributed by atoms with Gasteiger partial charge in [0.15, 0.2) is 0 Å². The summed E-state index contributed by atoms with van der Waals surface area (Å²) < 4.78 is 0. The zero-order valence-electron chi connectivity index (χ0n) is 6.31. The molecule has 0 aliphatic rings. The van der Waals surface area contributed by atoms with Crippen LogP contribution in [0, 0.1) is 0 Å². The van der Waals surface area contributed by atoms with E-state index in [-0.39, 0.29) is 16.3 Å². The molecule has 0 saturated heterocycles. The van der Waals surface area contributed by atoms with Crippen LogP contribution in [0.4, 0.5) is 5.82 Å². The van der Waals surface area contributed by atoms with E-state index in [1.807, 2.05) is 13.8 Å². The highest BCUT2D eigenvalue weighted by atomic mass is 35.5. The van der Waals surface area contributed by atoms with E-state index >= 15 is 0 Å². The zero-order valence-corrected chi connectivity index (χ0v) is 7.82. The topological polar surface area (TPSA) is 51.8 Å². The maximum absolute atomic E-state index is 5.43. The summed E-state index contributed by atoms with van der Waals surface area (Å²) in [7, 11) is 0. The Kier molecular flexibility index (Phi) is 4.90. The van der Waals surface area contributed by atoms with E-state index in [1.54, 1.807) is 0 Å². The Balaban J connectivity index is 0.000000461. The van der Waals surface area contributed by atoms with Crippen molar-refractivity contribution in [1.82, 2.24) is 9.97 Å². The normalized spacial score (nSPS) is 8.36. The van der Waals surface area contributed by atoms with Crippen molar-refractivity contribution in [2.45, 2.75) is 13.8 Å². The van der Waals surface area contributed by atoms with Crippen molar-refractivity contribution in [2.75, 3.05) is 5.73 Å². The third-order valence-corrected chi connectivity index (χ3v) is 1.05. The largest absolute Gasteiger partial charge is 0.384 e. The number of halogens is 2. The second kappa shape index (κ2) is 5.16. The molecular formula is C6H9Cl2N3. The third kappa shape index (κ3) is 4.01. The lowest BCUT2D eigenvalue weighted by Crippen LogP contribution is -1.91. The second-order valence-electron chi connectivity index (χ2n) is 1.38. The van der Waals surface area contributed by atoms with Gasteiger partial charge in [-0.1, -0.05) is 25.4 Å². The summed E-state index contributed by atoms with van der Waals surface area (Å²) >= 11 is 10.8. The van der Waals surface area contributed by atoms with Crippen LogP contribution in [0.15, 0.2) is 6.07 Å². The summed E-state index contributed by atoms with van der Waals surface area (Å²) in [5.41, 5.74) is 5.24. The molecule has 0 radical (unpaired) electrons. The minimum atomic E-state index is 0.0694. The van der Waals surface area contributed by atoms with Gasteiger partial charge in [0.2, 0.25) is 5.28 Å². The van der Waals surface area contributed by atoms with Gasteiger partial charge >= 0.3 is 0 Å². The second-order valence-corrected chi connectivity index (χ2v) is 2.11. The molecule has 3 nitrogen and oxygen atoms in total. The molecule has 5 heteroatoms. The van der Waals surface area contributed by atoms with Crippen LogP contribution in [0.3, 0.4) is 0 Å². The molecule has 1 aromatic rings. The molecule has 0 aromatic carbocycles. The molecule has 0 spiro atoms. The van der Waals surface area contributed by atoms with Crippen LogP contribution in [0.25, 0.3) is 0 Å². The molecule has 0 amide bonds. The predicted molar refractivity (Wildman–Crippen MR) is 47.8 cm³/mol. The molecule has 1 heterocycles. The van der Waals surface area contributed by atoms with Crippen LogP contribution in [-0.4, -0.2) is 9.97 Å². The summed E-state index contributed by atoms with van der Waals surface area (Å²) in [6.45, 7) is 4.00. The highest BCUT2D eigenvalue weighted by Gasteiger charge is 1.94. The van der Waals surface area contributed by atoms with Crippen molar-refractivity contribution >= 4 is 29.0 Å². The molecular weight excluding hydrogens is 185 g/mol. The van der Waals surface area contributed by atoms with E-state index in [0.717, 1.165) is 0 Å². The van der Waals surface area contributed by atoms with E-state index in [1.165, 1.54) is 6.07 Å². The van der Waals surface area contributed by atoms with Gasteiger partial charge in [-0.25, -0.2) is 9.97 Å². The maximum Gasteiger partial charge on any atom is 0.225 e. The van der Waals surface area contributed by atoms with E-state index in [2.05, 4.69) is 9.97 Å². The van der Waals surface area contributed by atoms with Crippen molar-refractivity contribution in [2.24, 2.45) is 0 Å². The van der Waals surface area contributed by atoms with E-state index in [9.17, 15) is 0 Å². The molecule has 62 valence electrons. The number of anilines is 1. The van der Waals surface area contributed by atoms with E-state index in [0.29, 0.717) is 0 Å². The van der Waals surface area contributed by atoms with Crippen molar-refractivity contribution in [3.05, 3.63) is 16.5 Å². The lowest BCUT2D eigenvalue weighted by molar-refractivity contribution is 1.18. The molecule has 0 atom stereocenters. The van der Waals surface area contributed by atoms with Gasteiger partial charge in [-0.3, -0.25) is 0 Å². The van der Waals surface area contributed by atoms with Gasteiger partial charge in [0.25, 0.3) is 0 Å². The average molecular weight is 194 g/mol. The summed E-state index contributed by atoms with van der Waals surface area (Å²) in [4.78, 5) is 7.16. The molecule has 0 saturated carbocycles. The minimum Gasteiger partial charge on any atom is -0.384 e. The lowest BCUT2D eigenvalue weighted by atomic mass is 10.6. The highest BCUT2D eigenvalue weighted by molar-refractivity contribution is 6.32. The van der Waals surface area contributed by atoms with Crippen LogP contribution >= 0.6 is 23.2 Å². The van der Waals surface area contributed by atoms with Crippen LogP contribution in [0.2, 0.25) is 10.4 Å². The number of nitrogen functional groups attached to an aromatic ring is 1. The number of hydrogen-bond acceptors (Lipinski definition) is 3. The van der Waals surface area contributed by atoms with Gasteiger partial charge in [-0.2, -0.15) is 0 Å². The molecule has 2 N–H and O–H groups in total. The van der Waals surface area contributed by atoms with Crippen LogP contribution < -0.4 is 5.73 Å². The standard InChI is InChI=1S/C4H3Cl2N3.C2H6/c5-2-1-3(7)9-4(6)8-2;1-2/h1H,(H2,7,8,9);1-2H3. The molecule has 0 aliphatic heterocycles. The Morgan fingerprint density at radius 3 is 2.18 bits per heavy atom. The van der Waals surface area contributed by atoms with Crippen LogP contribution in [-0.2, 0) is 0 Å². The Labute approximate surface area is 75.6 Å². The van der Waals surface area contributed by atoms with E-state index in [4.69, 9.17) is 28.9 Å². The summed E-state index contributed by atoms with van der Waals surface area (Å²) in [5.74, 6) is 0.278. The van der Waals surface area contributed by atoms with Crippen LogP contribution in [0.5, 0.6) is 0 Å². The zero-order chi connectivity index (χ0) is 8.85. The number of nitrogens with two attached hydrogens (primary N) is 1. The Morgan fingerprint density at radius 2 is 1.82 bits per heavy atom. The predicted octanol–water partition coefficient (Wildman–Crippen LogP) is 2.39. The molecule has 0 aliphatic carbocycles. The fraction of sp³-hybridized carbons (Fsp3) is 0.333. The third-order valence-electron chi connectivity index (χ3n) is 0.687. The Bertz CT molecular complexity index is 177. The van der Waals surface area contributed by atoms with Crippen LogP contribution in [0.1, 0.15) is 13.8 Å². The molecule has 1 rings (SSSR count). The van der Waals surface area contributed by atoms with Crippen molar-refractivity contribution in [1.29, 1.82) is 0 Å². The monoisotopic (exact) mass is 193 g/mol. The first-order valence-electron chi connectivity index (χ1n) is 3.14. The van der Waals surface area contributed by atoms with Crippen molar-refractivity contribution < 1.29 is 0 Å². The number of nitrogens with zero attached hydrogens (tertiary/aromatic N) is 2. The highest BCUT2D eigenvalue weighted by Crippen LogP contribution is 2.10.